The van der Waals surface area contributed by atoms with Crippen LogP contribution >= 0.6 is 0 Å². The summed E-state index contributed by atoms with van der Waals surface area (Å²) in [6, 6.07) is 4.60. The zero-order valence-corrected chi connectivity index (χ0v) is 12.2. The first kappa shape index (κ1) is 17.4. The number of amides is 2. The van der Waals surface area contributed by atoms with E-state index >= 15 is 0 Å². The van der Waals surface area contributed by atoms with Crippen LogP contribution in [0.25, 0.3) is 0 Å². The van der Waals surface area contributed by atoms with Crippen molar-refractivity contribution in [2.45, 2.75) is 13.1 Å². The molecule has 126 valence electrons. The number of nitrogens with zero attached hydrogens (tertiary/aromatic N) is 1. The minimum absolute atomic E-state index is 0.0561. The Bertz CT molecular complexity index is 791. The van der Waals surface area contributed by atoms with Gasteiger partial charge < -0.3 is 10.6 Å². The van der Waals surface area contributed by atoms with Crippen LogP contribution in [0.15, 0.2) is 36.5 Å². The van der Waals surface area contributed by atoms with Crippen LogP contribution in [0.3, 0.4) is 0 Å². The fourth-order valence-corrected chi connectivity index (χ4v) is 1.82. The molecule has 2 rings (SSSR count). The number of anilines is 2. The fraction of sp³-hybridized carbons (Fsp3) is 0.133. The monoisotopic (exact) mass is 341 g/mol. The SMILES string of the molecule is CC(=O)Nc1cc(C(=O)Nc2cc(C(F)(F)F)ccn2)ccc1F. The van der Waals surface area contributed by atoms with Crippen LogP contribution < -0.4 is 10.6 Å². The Hall–Kier alpha value is -2.97. The second-order valence-electron chi connectivity index (χ2n) is 4.76. The Labute approximate surface area is 133 Å². The number of aromatic nitrogens is 1. The van der Waals surface area contributed by atoms with E-state index in [1.165, 1.54) is 6.92 Å². The first-order chi connectivity index (χ1) is 11.2. The number of hydrogen-bond donors (Lipinski definition) is 2. The number of rotatable bonds is 3. The first-order valence-electron chi connectivity index (χ1n) is 6.58. The van der Waals surface area contributed by atoms with Crippen molar-refractivity contribution >= 4 is 23.3 Å². The Kier molecular flexibility index (Phi) is 4.82. The minimum Gasteiger partial charge on any atom is -0.324 e. The average molecular weight is 341 g/mol. The third kappa shape index (κ3) is 4.28. The molecule has 1 heterocycles. The van der Waals surface area contributed by atoms with Gasteiger partial charge in [0.15, 0.2) is 0 Å². The van der Waals surface area contributed by atoms with E-state index in [4.69, 9.17) is 0 Å². The molecule has 0 saturated carbocycles. The molecule has 0 aliphatic heterocycles. The highest BCUT2D eigenvalue weighted by Crippen LogP contribution is 2.30. The van der Waals surface area contributed by atoms with E-state index in [0.717, 1.165) is 30.5 Å². The number of nitrogens with one attached hydrogen (secondary N) is 2. The molecule has 0 unspecified atom stereocenters. The van der Waals surface area contributed by atoms with Crippen molar-refractivity contribution in [1.82, 2.24) is 4.98 Å². The highest BCUT2D eigenvalue weighted by Gasteiger charge is 2.30. The largest absolute Gasteiger partial charge is 0.416 e. The number of halogens is 4. The van der Waals surface area contributed by atoms with E-state index in [1.807, 2.05) is 0 Å². The van der Waals surface area contributed by atoms with Gasteiger partial charge in [-0.2, -0.15) is 13.2 Å². The van der Waals surface area contributed by atoms with Gasteiger partial charge in [0.25, 0.3) is 5.91 Å². The minimum atomic E-state index is -4.57. The van der Waals surface area contributed by atoms with Crippen molar-refractivity contribution in [3.63, 3.8) is 0 Å². The number of carbonyl (C=O) groups is 2. The molecule has 0 aliphatic carbocycles. The Morgan fingerprint density at radius 1 is 1.08 bits per heavy atom. The van der Waals surface area contributed by atoms with Crippen molar-refractivity contribution in [3.8, 4) is 0 Å². The van der Waals surface area contributed by atoms with Crippen LogP contribution in [0.4, 0.5) is 29.1 Å². The second-order valence-corrected chi connectivity index (χ2v) is 4.76. The molecular weight excluding hydrogens is 330 g/mol. The summed E-state index contributed by atoms with van der Waals surface area (Å²) in [5.74, 6) is -2.39. The summed E-state index contributed by atoms with van der Waals surface area (Å²) in [5.41, 5.74) is -1.24. The van der Waals surface area contributed by atoms with Crippen LogP contribution in [0.2, 0.25) is 0 Å². The highest BCUT2D eigenvalue weighted by molar-refractivity contribution is 6.04. The van der Waals surface area contributed by atoms with Gasteiger partial charge in [0.05, 0.1) is 11.3 Å². The summed E-state index contributed by atoms with van der Waals surface area (Å²) in [4.78, 5) is 26.7. The predicted octanol–water partition coefficient (Wildman–Crippen LogP) is 3.45. The molecule has 5 nitrogen and oxygen atoms in total. The predicted molar refractivity (Wildman–Crippen MR) is 77.9 cm³/mol. The van der Waals surface area contributed by atoms with Gasteiger partial charge >= 0.3 is 6.18 Å². The topological polar surface area (TPSA) is 71.1 Å². The Balaban J connectivity index is 2.23. The quantitative estimate of drug-likeness (QED) is 0.840. The van der Waals surface area contributed by atoms with Gasteiger partial charge in [-0.05, 0) is 30.3 Å². The molecular formula is C15H11F4N3O2. The summed E-state index contributed by atoms with van der Waals surface area (Å²) >= 11 is 0. The molecule has 2 amide bonds. The van der Waals surface area contributed by atoms with Crippen molar-refractivity contribution < 1.29 is 27.2 Å². The molecule has 1 aromatic carbocycles. The number of carbonyl (C=O) groups excluding carboxylic acids is 2. The lowest BCUT2D eigenvalue weighted by Crippen LogP contribution is -2.15. The molecule has 0 atom stereocenters. The van der Waals surface area contributed by atoms with Gasteiger partial charge in [-0.15, -0.1) is 0 Å². The normalized spacial score (nSPS) is 11.0. The molecule has 0 bridgehead atoms. The Morgan fingerprint density at radius 2 is 1.79 bits per heavy atom. The Morgan fingerprint density at radius 3 is 2.42 bits per heavy atom. The molecule has 0 saturated heterocycles. The summed E-state index contributed by atoms with van der Waals surface area (Å²) < 4.78 is 51.4. The summed E-state index contributed by atoms with van der Waals surface area (Å²) in [5, 5.41) is 4.39. The van der Waals surface area contributed by atoms with Gasteiger partial charge in [-0.25, -0.2) is 9.37 Å². The van der Waals surface area contributed by atoms with Gasteiger partial charge in [0.2, 0.25) is 5.91 Å². The van der Waals surface area contributed by atoms with Gasteiger partial charge in [-0.1, -0.05) is 0 Å². The molecule has 2 aromatic rings. The molecule has 2 N–H and O–H groups in total. The number of benzene rings is 1. The van der Waals surface area contributed by atoms with E-state index < -0.39 is 29.4 Å². The van der Waals surface area contributed by atoms with E-state index in [-0.39, 0.29) is 17.1 Å². The second kappa shape index (κ2) is 6.65. The maximum Gasteiger partial charge on any atom is 0.416 e. The third-order valence-corrected chi connectivity index (χ3v) is 2.87. The smallest absolute Gasteiger partial charge is 0.324 e. The molecule has 1 aromatic heterocycles. The van der Waals surface area contributed by atoms with Crippen molar-refractivity contribution in [2.24, 2.45) is 0 Å². The van der Waals surface area contributed by atoms with Crippen molar-refractivity contribution in [2.75, 3.05) is 10.6 Å². The zero-order valence-electron chi connectivity index (χ0n) is 12.2. The molecule has 24 heavy (non-hydrogen) atoms. The van der Waals surface area contributed by atoms with Gasteiger partial charge in [0.1, 0.15) is 11.6 Å². The van der Waals surface area contributed by atoms with Crippen LogP contribution in [0.5, 0.6) is 0 Å². The fourth-order valence-electron chi connectivity index (χ4n) is 1.82. The van der Waals surface area contributed by atoms with Crippen LogP contribution in [0, 0.1) is 5.82 Å². The lowest BCUT2D eigenvalue weighted by molar-refractivity contribution is -0.137. The van der Waals surface area contributed by atoms with Crippen LogP contribution in [-0.4, -0.2) is 16.8 Å². The summed E-state index contributed by atoms with van der Waals surface area (Å²) in [7, 11) is 0. The number of pyridine rings is 1. The lowest BCUT2D eigenvalue weighted by Gasteiger charge is -2.10. The summed E-state index contributed by atoms with van der Waals surface area (Å²) in [6.45, 7) is 1.17. The van der Waals surface area contributed by atoms with Crippen LogP contribution in [0.1, 0.15) is 22.8 Å². The number of alkyl halides is 3. The molecule has 0 aliphatic rings. The molecule has 0 spiro atoms. The van der Waals surface area contributed by atoms with Crippen molar-refractivity contribution in [1.29, 1.82) is 0 Å². The van der Waals surface area contributed by atoms with Gasteiger partial charge in [-0.3, -0.25) is 9.59 Å². The van der Waals surface area contributed by atoms with Crippen molar-refractivity contribution in [3.05, 3.63) is 53.5 Å². The molecule has 0 radical (unpaired) electrons. The maximum atomic E-state index is 13.5. The van der Waals surface area contributed by atoms with Gasteiger partial charge in [0, 0.05) is 18.7 Å². The average Bonchev–Trinajstić information content (AvgIpc) is 2.48. The standard InChI is InChI=1S/C15H11F4N3O2/c1-8(23)21-12-6-9(2-3-11(12)16)14(24)22-13-7-10(4-5-20-13)15(17,18)19/h2-7H,1H3,(H,21,23)(H,20,22,24). The van der Waals surface area contributed by atoms with E-state index in [9.17, 15) is 27.2 Å². The van der Waals surface area contributed by atoms with E-state index in [0.29, 0.717) is 6.07 Å². The third-order valence-electron chi connectivity index (χ3n) is 2.87. The molecule has 0 fully saturated rings. The van der Waals surface area contributed by atoms with E-state index in [2.05, 4.69) is 15.6 Å². The van der Waals surface area contributed by atoms with Crippen LogP contribution in [-0.2, 0) is 11.0 Å². The summed E-state index contributed by atoms with van der Waals surface area (Å²) in [6.07, 6.45) is -3.66. The molecule has 9 heteroatoms. The number of hydrogen-bond acceptors (Lipinski definition) is 3. The van der Waals surface area contributed by atoms with E-state index in [1.54, 1.807) is 0 Å². The maximum absolute atomic E-state index is 13.5. The zero-order chi connectivity index (χ0) is 17.9. The first-order valence-corrected chi connectivity index (χ1v) is 6.58. The lowest BCUT2D eigenvalue weighted by atomic mass is 10.1. The highest BCUT2D eigenvalue weighted by atomic mass is 19.4.